The molecular formula is C8H13N3O2. The highest BCUT2D eigenvalue weighted by atomic mass is 16.5. The molecule has 2 N–H and O–H groups in total. The summed E-state index contributed by atoms with van der Waals surface area (Å²) < 4.78 is 6.36. The Labute approximate surface area is 76.5 Å². The van der Waals surface area contributed by atoms with Gasteiger partial charge in [0, 0.05) is 13.6 Å². The van der Waals surface area contributed by atoms with Crippen molar-refractivity contribution < 1.29 is 9.53 Å². The van der Waals surface area contributed by atoms with E-state index in [4.69, 9.17) is 10.5 Å². The molecule has 0 aliphatic rings. The van der Waals surface area contributed by atoms with Gasteiger partial charge in [0.15, 0.2) is 5.69 Å². The first-order valence-electron chi connectivity index (χ1n) is 4.09. The molecule has 0 amide bonds. The van der Waals surface area contributed by atoms with Crippen LogP contribution in [-0.2, 0) is 18.3 Å². The Hall–Kier alpha value is -1.36. The van der Waals surface area contributed by atoms with E-state index in [9.17, 15) is 4.79 Å². The third-order valence-electron chi connectivity index (χ3n) is 1.67. The summed E-state index contributed by atoms with van der Waals surface area (Å²) in [4.78, 5) is 11.2. The van der Waals surface area contributed by atoms with Crippen LogP contribution in [0.15, 0.2) is 6.07 Å². The standard InChI is InChI=1S/C8H13N3O2/c1-3-13-8(12)7-4-6(5-9)11(2)10-7/h4H,3,5,9H2,1-2H3. The topological polar surface area (TPSA) is 70.1 Å². The maximum atomic E-state index is 11.2. The maximum Gasteiger partial charge on any atom is 0.358 e. The Balaban J connectivity index is 2.84. The lowest BCUT2D eigenvalue weighted by atomic mass is 10.3. The van der Waals surface area contributed by atoms with E-state index in [1.54, 1.807) is 24.7 Å². The number of carbonyl (C=O) groups excluding carboxylic acids is 1. The predicted molar refractivity (Wildman–Crippen MR) is 47.1 cm³/mol. The molecule has 1 aromatic heterocycles. The average Bonchev–Trinajstić information content (AvgIpc) is 2.47. The van der Waals surface area contributed by atoms with Crippen molar-refractivity contribution in [3.63, 3.8) is 0 Å². The van der Waals surface area contributed by atoms with E-state index in [-0.39, 0.29) is 0 Å². The summed E-state index contributed by atoms with van der Waals surface area (Å²) in [5, 5.41) is 3.96. The molecule has 1 heterocycles. The third-order valence-corrected chi connectivity index (χ3v) is 1.67. The molecule has 0 spiro atoms. The predicted octanol–water partition coefficient (Wildman–Crippen LogP) is 0.0555. The Morgan fingerprint density at radius 2 is 2.46 bits per heavy atom. The van der Waals surface area contributed by atoms with Crippen molar-refractivity contribution in [2.45, 2.75) is 13.5 Å². The first-order valence-corrected chi connectivity index (χ1v) is 4.09. The molecule has 0 fully saturated rings. The van der Waals surface area contributed by atoms with Crippen molar-refractivity contribution in [3.8, 4) is 0 Å². The number of hydrogen-bond acceptors (Lipinski definition) is 4. The van der Waals surface area contributed by atoms with Crippen LogP contribution in [0, 0.1) is 0 Å². The van der Waals surface area contributed by atoms with Crippen LogP contribution < -0.4 is 5.73 Å². The lowest BCUT2D eigenvalue weighted by Gasteiger charge is -1.95. The van der Waals surface area contributed by atoms with Gasteiger partial charge in [-0.3, -0.25) is 4.68 Å². The average molecular weight is 183 g/mol. The van der Waals surface area contributed by atoms with Crippen LogP contribution in [0.5, 0.6) is 0 Å². The zero-order chi connectivity index (χ0) is 9.84. The Kier molecular flexibility index (Phi) is 3.02. The van der Waals surface area contributed by atoms with Gasteiger partial charge < -0.3 is 10.5 Å². The van der Waals surface area contributed by atoms with E-state index in [0.29, 0.717) is 18.8 Å². The van der Waals surface area contributed by atoms with Crippen LogP contribution in [0.4, 0.5) is 0 Å². The lowest BCUT2D eigenvalue weighted by Crippen LogP contribution is -2.06. The van der Waals surface area contributed by atoms with Crippen LogP contribution >= 0.6 is 0 Å². The number of ether oxygens (including phenoxy) is 1. The molecule has 0 unspecified atom stereocenters. The minimum Gasteiger partial charge on any atom is -0.461 e. The highest BCUT2D eigenvalue weighted by Gasteiger charge is 2.12. The van der Waals surface area contributed by atoms with Gasteiger partial charge in [-0.2, -0.15) is 5.10 Å². The van der Waals surface area contributed by atoms with E-state index in [0.717, 1.165) is 5.69 Å². The van der Waals surface area contributed by atoms with Crippen LogP contribution in [0.25, 0.3) is 0 Å². The van der Waals surface area contributed by atoms with Crippen molar-refractivity contribution in [2.24, 2.45) is 12.8 Å². The molecule has 13 heavy (non-hydrogen) atoms. The molecular weight excluding hydrogens is 170 g/mol. The monoisotopic (exact) mass is 183 g/mol. The van der Waals surface area contributed by atoms with Crippen LogP contribution in [-0.4, -0.2) is 22.4 Å². The number of hydrogen-bond donors (Lipinski definition) is 1. The van der Waals surface area contributed by atoms with Gasteiger partial charge in [0.2, 0.25) is 0 Å². The van der Waals surface area contributed by atoms with Crippen LogP contribution in [0.1, 0.15) is 23.1 Å². The highest BCUT2D eigenvalue weighted by molar-refractivity contribution is 5.87. The van der Waals surface area contributed by atoms with Crippen molar-refractivity contribution in [1.29, 1.82) is 0 Å². The van der Waals surface area contributed by atoms with Gasteiger partial charge in [-0.25, -0.2) is 4.79 Å². The molecule has 0 aromatic carbocycles. The van der Waals surface area contributed by atoms with Gasteiger partial charge in [0.1, 0.15) is 0 Å². The Bertz CT molecular complexity index is 306. The summed E-state index contributed by atoms with van der Waals surface area (Å²) in [5.74, 6) is -0.405. The lowest BCUT2D eigenvalue weighted by molar-refractivity contribution is 0.0518. The van der Waals surface area contributed by atoms with E-state index in [1.165, 1.54) is 0 Å². The summed E-state index contributed by atoms with van der Waals surface area (Å²) in [6.45, 7) is 2.47. The number of esters is 1. The second kappa shape index (κ2) is 4.04. The van der Waals surface area contributed by atoms with Crippen molar-refractivity contribution in [2.75, 3.05) is 6.61 Å². The number of nitrogens with zero attached hydrogens (tertiary/aromatic N) is 2. The Morgan fingerprint density at radius 3 is 2.92 bits per heavy atom. The second-order valence-electron chi connectivity index (χ2n) is 2.57. The summed E-state index contributed by atoms with van der Waals surface area (Å²) in [6.07, 6.45) is 0. The third kappa shape index (κ3) is 2.06. The molecule has 1 rings (SSSR count). The molecule has 1 aromatic rings. The molecule has 0 saturated heterocycles. The van der Waals surface area contributed by atoms with Crippen molar-refractivity contribution in [1.82, 2.24) is 9.78 Å². The fourth-order valence-electron chi connectivity index (χ4n) is 1.00. The summed E-state index contributed by atoms with van der Waals surface area (Å²) in [5.41, 5.74) is 6.54. The fraction of sp³-hybridized carbons (Fsp3) is 0.500. The molecule has 0 radical (unpaired) electrons. The molecule has 5 heteroatoms. The largest absolute Gasteiger partial charge is 0.461 e. The van der Waals surface area contributed by atoms with Gasteiger partial charge in [0.05, 0.1) is 12.3 Å². The second-order valence-corrected chi connectivity index (χ2v) is 2.57. The summed E-state index contributed by atoms with van der Waals surface area (Å²) in [6, 6.07) is 1.64. The number of aromatic nitrogens is 2. The molecule has 0 atom stereocenters. The Morgan fingerprint density at radius 1 is 1.77 bits per heavy atom. The zero-order valence-electron chi connectivity index (χ0n) is 7.78. The first kappa shape index (κ1) is 9.73. The van der Waals surface area contributed by atoms with E-state index < -0.39 is 5.97 Å². The highest BCUT2D eigenvalue weighted by Crippen LogP contribution is 2.03. The number of carbonyl (C=O) groups is 1. The molecule has 0 saturated carbocycles. The summed E-state index contributed by atoms with van der Waals surface area (Å²) in [7, 11) is 1.74. The maximum absolute atomic E-state index is 11.2. The smallest absolute Gasteiger partial charge is 0.358 e. The number of rotatable bonds is 3. The SMILES string of the molecule is CCOC(=O)c1cc(CN)n(C)n1. The van der Waals surface area contributed by atoms with Gasteiger partial charge >= 0.3 is 5.97 Å². The first-order chi connectivity index (χ1) is 6.19. The fourth-order valence-corrected chi connectivity index (χ4v) is 1.00. The van der Waals surface area contributed by atoms with Crippen molar-refractivity contribution >= 4 is 5.97 Å². The normalized spacial score (nSPS) is 10.1. The summed E-state index contributed by atoms with van der Waals surface area (Å²) >= 11 is 0. The zero-order valence-corrected chi connectivity index (χ0v) is 7.78. The molecule has 0 aliphatic carbocycles. The van der Waals surface area contributed by atoms with E-state index in [1.807, 2.05) is 0 Å². The van der Waals surface area contributed by atoms with Crippen LogP contribution in [0.3, 0.4) is 0 Å². The van der Waals surface area contributed by atoms with Gasteiger partial charge in [-0.05, 0) is 13.0 Å². The van der Waals surface area contributed by atoms with Gasteiger partial charge in [-0.1, -0.05) is 0 Å². The van der Waals surface area contributed by atoms with Crippen LogP contribution in [0.2, 0.25) is 0 Å². The molecule has 5 nitrogen and oxygen atoms in total. The van der Waals surface area contributed by atoms with Crippen molar-refractivity contribution in [3.05, 3.63) is 17.5 Å². The molecule has 72 valence electrons. The molecule has 0 aliphatic heterocycles. The molecule has 0 bridgehead atoms. The number of aryl methyl sites for hydroxylation is 1. The van der Waals surface area contributed by atoms with Gasteiger partial charge in [-0.15, -0.1) is 0 Å². The number of nitrogens with two attached hydrogens (primary N) is 1. The minimum atomic E-state index is -0.405. The quantitative estimate of drug-likeness (QED) is 0.672. The van der Waals surface area contributed by atoms with E-state index >= 15 is 0 Å². The minimum absolute atomic E-state index is 0.310. The van der Waals surface area contributed by atoms with E-state index in [2.05, 4.69) is 5.10 Å². The van der Waals surface area contributed by atoms with Gasteiger partial charge in [0.25, 0.3) is 0 Å².